The van der Waals surface area contributed by atoms with Crippen molar-refractivity contribution >= 4 is 0 Å². The summed E-state index contributed by atoms with van der Waals surface area (Å²) < 4.78 is 0. The van der Waals surface area contributed by atoms with Crippen molar-refractivity contribution in [3.05, 3.63) is 188 Å². The van der Waals surface area contributed by atoms with Crippen LogP contribution in [0.25, 0.3) is 0 Å². The normalized spacial score (nSPS) is 31.6. The molecule has 5 unspecified atom stereocenters. The highest BCUT2D eigenvalue weighted by Crippen LogP contribution is 2.64. The van der Waals surface area contributed by atoms with Crippen LogP contribution < -0.4 is 10.6 Å². The second-order valence-electron chi connectivity index (χ2n) is 18.1. The highest BCUT2D eigenvalue weighted by atomic mass is 15.1. The fourth-order valence-electron chi connectivity index (χ4n) is 11.6. The minimum Gasteiger partial charge on any atom is -0.377 e. The van der Waals surface area contributed by atoms with Crippen molar-refractivity contribution in [3.63, 3.8) is 0 Å². The van der Waals surface area contributed by atoms with Crippen molar-refractivity contribution in [1.82, 2.24) is 10.6 Å². The summed E-state index contributed by atoms with van der Waals surface area (Å²) >= 11 is 0. The predicted octanol–water partition coefficient (Wildman–Crippen LogP) is 12.4. The number of allylic oxidation sites excluding steroid dienone is 23. The van der Waals surface area contributed by atoms with E-state index in [9.17, 15) is 0 Å². The molecule has 274 valence electrons. The van der Waals surface area contributed by atoms with Crippen LogP contribution in [0.3, 0.4) is 0 Å². The molecule has 54 heavy (non-hydrogen) atoms. The quantitative estimate of drug-likeness (QED) is 0.318. The molecule has 0 radical (unpaired) electrons. The molecule has 0 aromatic heterocycles. The number of hydrogen-bond donors (Lipinski definition) is 2. The molecule has 0 spiro atoms. The molecule has 2 nitrogen and oxygen atoms in total. The zero-order valence-corrected chi connectivity index (χ0v) is 32.7. The zero-order chi connectivity index (χ0) is 36.6. The van der Waals surface area contributed by atoms with Crippen LogP contribution in [0.2, 0.25) is 0 Å². The van der Waals surface area contributed by atoms with Gasteiger partial charge in [0, 0.05) is 22.9 Å². The van der Waals surface area contributed by atoms with E-state index in [-0.39, 0.29) is 28.8 Å². The molecule has 0 bridgehead atoms. The van der Waals surface area contributed by atoms with Gasteiger partial charge in [-0.15, -0.1) is 0 Å². The van der Waals surface area contributed by atoms with Gasteiger partial charge in [0.15, 0.2) is 0 Å². The van der Waals surface area contributed by atoms with Gasteiger partial charge < -0.3 is 10.6 Å². The molecule has 10 rings (SSSR count). The van der Waals surface area contributed by atoms with Crippen molar-refractivity contribution in [1.29, 1.82) is 0 Å². The average molecular weight is 709 g/mol. The molecule has 1 heterocycles. The third-order valence-electron chi connectivity index (χ3n) is 14.3. The van der Waals surface area contributed by atoms with E-state index < -0.39 is 0 Å². The summed E-state index contributed by atoms with van der Waals surface area (Å²) in [7, 11) is 0. The van der Waals surface area contributed by atoms with Crippen molar-refractivity contribution < 1.29 is 0 Å². The molecule has 9 aliphatic rings. The Morgan fingerprint density at radius 2 is 1.52 bits per heavy atom. The van der Waals surface area contributed by atoms with E-state index in [0.717, 1.165) is 44.9 Å². The first-order valence-corrected chi connectivity index (χ1v) is 21.0. The van der Waals surface area contributed by atoms with Crippen LogP contribution in [0.4, 0.5) is 0 Å². The summed E-state index contributed by atoms with van der Waals surface area (Å²) in [5, 5.41) is 8.41. The lowest BCUT2D eigenvalue weighted by molar-refractivity contribution is 0.327. The highest BCUT2D eigenvalue weighted by Gasteiger charge is 2.53. The number of benzene rings is 1. The lowest BCUT2D eigenvalue weighted by Crippen LogP contribution is -2.50. The van der Waals surface area contributed by atoms with Gasteiger partial charge in [0.05, 0.1) is 17.8 Å². The summed E-state index contributed by atoms with van der Waals surface area (Å²) in [6.45, 7) is 10.0. The van der Waals surface area contributed by atoms with Crippen LogP contribution in [0.1, 0.15) is 97.1 Å². The smallest absolute Gasteiger partial charge is 0.0754 e. The van der Waals surface area contributed by atoms with E-state index in [2.05, 4.69) is 154 Å². The summed E-state index contributed by atoms with van der Waals surface area (Å²) in [6, 6.07) is 11.5. The second-order valence-corrected chi connectivity index (χ2v) is 18.1. The van der Waals surface area contributed by atoms with Gasteiger partial charge in [0.25, 0.3) is 0 Å². The van der Waals surface area contributed by atoms with E-state index in [1.807, 2.05) is 0 Å². The lowest BCUT2D eigenvalue weighted by Gasteiger charge is -2.42. The Labute approximate surface area is 323 Å². The Morgan fingerprint density at radius 1 is 0.704 bits per heavy atom. The number of fused-ring (bicyclic) bond motifs is 5. The first kappa shape index (κ1) is 34.0. The maximum absolute atomic E-state index is 4.23. The van der Waals surface area contributed by atoms with Gasteiger partial charge in [-0.05, 0) is 130 Å². The molecule has 1 aromatic carbocycles. The molecule has 1 aliphatic heterocycles. The molecule has 2 heteroatoms. The van der Waals surface area contributed by atoms with Crippen molar-refractivity contribution in [2.75, 3.05) is 0 Å². The molecule has 0 saturated heterocycles. The monoisotopic (exact) mass is 708 g/mol. The standard InChI is InChI=1S/C52H56N2/c1-51(2)43-26-15-14-23-39(43)41-31-42-40-25-16-24-38(46(40)52(3,4)45(42)32-44(41)51)33-27-29-37(30-28-33)50-49(36-21-12-7-13-22-36)53-47(34-17-8-5-9-18-34)48(54-50)35-19-10-6-11-20-35/h5-10,12,17-19,21,23-24,26-29,31-32,37,41,44,47-48,53-54H,11,13-16,20,22,25,30H2,1-4H3. The molecule has 0 amide bonds. The fraction of sp³-hybridized carbons (Fsp3) is 0.385. The van der Waals surface area contributed by atoms with Gasteiger partial charge in [-0.3, -0.25) is 0 Å². The van der Waals surface area contributed by atoms with Gasteiger partial charge in [-0.1, -0.05) is 143 Å². The van der Waals surface area contributed by atoms with Crippen molar-refractivity contribution in [2.45, 2.75) is 97.6 Å². The molecule has 5 atom stereocenters. The Bertz CT molecular complexity index is 2200. The fourth-order valence-corrected chi connectivity index (χ4v) is 11.6. The van der Waals surface area contributed by atoms with Crippen LogP contribution in [-0.4, -0.2) is 6.04 Å². The Hall–Kier alpha value is -4.56. The third-order valence-corrected chi connectivity index (χ3v) is 14.3. The summed E-state index contributed by atoms with van der Waals surface area (Å²) in [5.74, 6) is 1.34. The topological polar surface area (TPSA) is 24.1 Å². The number of nitrogens with one attached hydrogen (secondary N) is 2. The van der Waals surface area contributed by atoms with Crippen LogP contribution in [-0.2, 0) is 0 Å². The van der Waals surface area contributed by atoms with Gasteiger partial charge in [0.2, 0.25) is 0 Å². The minimum atomic E-state index is -0.0100. The van der Waals surface area contributed by atoms with Gasteiger partial charge in [-0.25, -0.2) is 0 Å². The van der Waals surface area contributed by atoms with E-state index in [0.29, 0.717) is 11.8 Å². The highest BCUT2D eigenvalue weighted by molar-refractivity contribution is 5.74. The minimum absolute atomic E-state index is 0.0100. The summed E-state index contributed by atoms with van der Waals surface area (Å²) in [6.07, 6.45) is 44.5. The van der Waals surface area contributed by atoms with E-state index >= 15 is 0 Å². The van der Waals surface area contributed by atoms with Crippen molar-refractivity contribution in [2.24, 2.45) is 28.6 Å². The van der Waals surface area contributed by atoms with Crippen LogP contribution in [0.5, 0.6) is 0 Å². The van der Waals surface area contributed by atoms with Crippen LogP contribution in [0.15, 0.2) is 183 Å². The summed E-state index contributed by atoms with van der Waals surface area (Å²) in [4.78, 5) is 0. The van der Waals surface area contributed by atoms with Gasteiger partial charge in [0.1, 0.15) is 0 Å². The molecular formula is C52H56N2. The zero-order valence-electron chi connectivity index (χ0n) is 32.7. The van der Waals surface area contributed by atoms with Crippen molar-refractivity contribution in [3.8, 4) is 0 Å². The SMILES string of the molecule is CC1(C)C2=CC3C(C=C2C2=C1C(C1=CCC(C4=C(C5=CC=CCC5)NC(c5ccccc5)C(C5=CC=CCC5)N4)C=C1)=CCC2)C1=CCCC=C1C3(C)C. The Morgan fingerprint density at radius 3 is 2.28 bits per heavy atom. The molecule has 1 aromatic rings. The van der Waals surface area contributed by atoms with Crippen LogP contribution in [0, 0.1) is 28.6 Å². The predicted molar refractivity (Wildman–Crippen MR) is 225 cm³/mol. The molecular weight excluding hydrogens is 653 g/mol. The Kier molecular flexibility index (Phi) is 8.20. The number of hydrogen-bond acceptors (Lipinski definition) is 2. The second kappa shape index (κ2) is 13.0. The largest absolute Gasteiger partial charge is 0.377 e. The maximum atomic E-state index is 4.23. The van der Waals surface area contributed by atoms with E-state index in [4.69, 9.17) is 0 Å². The maximum Gasteiger partial charge on any atom is 0.0754 e. The number of rotatable bonds is 5. The molecule has 1 fully saturated rings. The Balaban J connectivity index is 0.990. The first-order chi connectivity index (χ1) is 26.3. The average Bonchev–Trinajstić information content (AvgIpc) is 3.60. The molecule has 1 saturated carbocycles. The van der Waals surface area contributed by atoms with Gasteiger partial charge >= 0.3 is 0 Å². The molecule has 8 aliphatic carbocycles. The summed E-state index contributed by atoms with van der Waals surface area (Å²) in [5.41, 5.74) is 19.6. The van der Waals surface area contributed by atoms with E-state index in [1.165, 1.54) is 52.1 Å². The van der Waals surface area contributed by atoms with Gasteiger partial charge in [-0.2, -0.15) is 0 Å². The lowest BCUT2D eigenvalue weighted by atomic mass is 9.68. The first-order valence-electron chi connectivity index (χ1n) is 21.0. The van der Waals surface area contributed by atoms with Crippen LogP contribution >= 0.6 is 0 Å². The third kappa shape index (κ3) is 5.34. The van der Waals surface area contributed by atoms with E-state index in [1.54, 1.807) is 33.4 Å². The molecule has 2 N–H and O–H groups in total.